The number of hydrogen-bond acceptors (Lipinski definition) is 3. The first-order chi connectivity index (χ1) is 7.18. The molecule has 0 aromatic carbocycles. The second-order valence-corrected chi connectivity index (χ2v) is 3.55. The lowest BCUT2D eigenvalue weighted by Gasteiger charge is -2.05. The zero-order chi connectivity index (χ0) is 10.8. The number of carbonyl (C=O) groups is 1. The first kappa shape index (κ1) is 9.71. The van der Waals surface area contributed by atoms with Gasteiger partial charge in [-0.15, -0.1) is 0 Å². The lowest BCUT2D eigenvalue weighted by molar-refractivity contribution is -0.137. The summed E-state index contributed by atoms with van der Waals surface area (Å²) in [7, 11) is 0. The van der Waals surface area contributed by atoms with E-state index in [2.05, 4.69) is 4.98 Å². The maximum absolute atomic E-state index is 10.6. The summed E-state index contributed by atoms with van der Waals surface area (Å²) in [6.45, 7) is 1.87. The van der Waals surface area contributed by atoms with E-state index in [9.17, 15) is 4.79 Å². The van der Waals surface area contributed by atoms with Crippen LogP contribution >= 0.6 is 0 Å². The molecule has 4 heteroatoms. The van der Waals surface area contributed by atoms with Gasteiger partial charge in [0.05, 0.1) is 12.7 Å². The fourth-order valence-electron chi connectivity index (χ4n) is 1.64. The molecule has 2 aromatic rings. The summed E-state index contributed by atoms with van der Waals surface area (Å²) in [5.41, 5.74) is 1.46. The predicted molar refractivity (Wildman–Crippen MR) is 54.7 cm³/mol. The smallest absolute Gasteiger partial charge is 0.303 e. The van der Waals surface area contributed by atoms with E-state index < -0.39 is 5.97 Å². The Morgan fingerprint density at radius 2 is 2.47 bits per heavy atom. The summed E-state index contributed by atoms with van der Waals surface area (Å²) in [6, 6.07) is 3.70. The van der Waals surface area contributed by atoms with Gasteiger partial charge >= 0.3 is 5.97 Å². The van der Waals surface area contributed by atoms with Gasteiger partial charge in [-0.3, -0.25) is 4.79 Å². The van der Waals surface area contributed by atoms with E-state index in [0.717, 1.165) is 10.9 Å². The fraction of sp³-hybridized carbons (Fsp3) is 0.273. The summed E-state index contributed by atoms with van der Waals surface area (Å²) in [6.07, 6.45) is 3.34. The van der Waals surface area contributed by atoms with Crippen molar-refractivity contribution in [3.8, 4) is 0 Å². The predicted octanol–water partition coefficient (Wildman–Crippen LogP) is 2.41. The molecule has 0 spiro atoms. The Bertz CT molecular complexity index is 489. The van der Waals surface area contributed by atoms with Gasteiger partial charge < -0.3 is 9.52 Å². The molecule has 2 heterocycles. The minimum Gasteiger partial charge on any atom is -0.481 e. The lowest BCUT2D eigenvalue weighted by atomic mass is 9.98. The van der Waals surface area contributed by atoms with Crippen LogP contribution < -0.4 is 0 Å². The van der Waals surface area contributed by atoms with Crippen LogP contribution in [0.15, 0.2) is 29.0 Å². The number of rotatable bonds is 3. The van der Waals surface area contributed by atoms with Crippen LogP contribution in [0.5, 0.6) is 0 Å². The molecule has 0 fully saturated rings. The number of aromatic nitrogens is 1. The minimum atomic E-state index is -0.805. The van der Waals surface area contributed by atoms with Gasteiger partial charge in [-0.1, -0.05) is 6.92 Å². The van der Waals surface area contributed by atoms with Crippen LogP contribution in [-0.4, -0.2) is 16.1 Å². The average Bonchev–Trinajstić information content (AvgIpc) is 2.59. The highest BCUT2D eigenvalue weighted by Gasteiger charge is 2.15. The molecule has 0 aliphatic rings. The lowest BCUT2D eigenvalue weighted by Crippen LogP contribution is -2.02. The molecule has 0 aliphatic heterocycles. The highest BCUT2D eigenvalue weighted by Crippen LogP contribution is 2.27. The fourth-order valence-corrected chi connectivity index (χ4v) is 1.64. The Kier molecular flexibility index (Phi) is 2.41. The monoisotopic (exact) mass is 205 g/mol. The van der Waals surface area contributed by atoms with Crippen LogP contribution in [0.1, 0.15) is 24.8 Å². The van der Waals surface area contributed by atoms with Crippen molar-refractivity contribution in [1.29, 1.82) is 0 Å². The van der Waals surface area contributed by atoms with E-state index >= 15 is 0 Å². The molecular weight excluding hydrogens is 194 g/mol. The van der Waals surface area contributed by atoms with E-state index in [0.29, 0.717) is 5.71 Å². The number of aliphatic carboxylic acids is 1. The van der Waals surface area contributed by atoms with Crippen LogP contribution in [0.2, 0.25) is 0 Å². The Morgan fingerprint density at radius 1 is 1.67 bits per heavy atom. The van der Waals surface area contributed by atoms with Crippen molar-refractivity contribution in [3.05, 3.63) is 30.2 Å². The summed E-state index contributed by atoms with van der Waals surface area (Å²) in [5.74, 6) is -0.867. The molecule has 2 rings (SSSR count). The number of furan rings is 1. The minimum absolute atomic E-state index is 0.0621. The molecule has 0 radical (unpaired) electrons. The van der Waals surface area contributed by atoms with Crippen LogP contribution in [0, 0.1) is 0 Å². The molecule has 78 valence electrons. The highest BCUT2D eigenvalue weighted by atomic mass is 16.4. The van der Waals surface area contributed by atoms with Gasteiger partial charge in [0.1, 0.15) is 0 Å². The average molecular weight is 205 g/mol. The van der Waals surface area contributed by atoms with Crippen molar-refractivity contribution in [1.82, 2.24) is 4.98 Å². The number of nitrogens with zero attached hydrogens (tertiary/aromatic N) is 1. The molecule has 0 amide bonds. The zero-order valence-electron chi connectivity index (χ0n) is 8.30. The Morgan fingerprint density at radius 3 is 3.20 bits per heavy atom. The molecular formula is C11H11NO3. The standard InChI is InChI=1S/C11H11NO3/c1-7(5-10(13)14)9-6-15-11-8(9)3-2-4-12-11/h2-4,6-7H,5H2,1H3,(H,13,14). The number of fused-ring (bicyclic) bond motifs is 1. The third-order valence-electron chi connectivity index (χ3n) is 2.39. The first-order valence-corrected chi connectivity index (χ1v) is 4.72. The molecule has 0 saturated carbocycles. The van der Waals surface area contributed by atoms with Crippen molar-refractivity contribution in [3.63, 3.8) is 0 Å². The summed E-state index contributed by atoms with van der Waals surface area (Å²) in [4.78, 5) is 14.6. The quantitative estimate of drug-likeness (QED) is 0.835. The third kappa shape index (κ3) is 1.83. The Balaban J connectivity index is 2.39. The molecule has 1 N–H and O–H groups in total. The van der Waals surface area contributed by atoms with Gasteiger partial charge in [-0.05, 0) is 18.1 Å². The van der Waals surface area contributed by atoms with Crippen LogP contribution in [-0.2, 0) is 4.79 Å². The molecule has 1 atom stereocenters. The number of pyridine rings is 1. The number of carboxylic acids is 1. The van der Waals surface area contributed by atoms with E-state index in [1.165, 1.54) is 0 Å². The molecule has 1 unspecified atom stereocenters. The van der Waals surface area contributed by atoms with Crippen molar-refractivity contribution >= 4 is 17.1 Å². The van der Waals surface area contributed by atoms with Crippen LogP contribution in [0.4, 0.5) is 0 Å². The van der Waals surface area contributed by atoms with Crippen molar-refractivity contribution in [2.75, 3.05) is 0 Å². The van der Waals surface area contributed by atoms with Crippen molar-refractivity contribution in [2.24, 2.45) is 0 Å². The van der Waals surface area contributed by atoms with Crippen molar-refractivity contribution in [2.45, 2.75) is 19.3 Å². The summed E-state index contributed by atoms with van der Waals surface area (Å²) >= 11 is 0. The maximum Gasteiger partial charge on any atom is 0.303 e. The SMILES string of the molecule is CC(CC(=O)O)c1coc2ncccc12. The van der Waals surface area contributed by atoms with Crippen LogP contribution in [0.25, 0.3) is 11.1 Å². The first-order valence-electron chi connectivity index (χ1n) is 4.72. The number of hydrogen-bond donors (Lipinski definition) is 1. The van der Waals surface area contributed by atoms with Gasteiger partial charge in [-0.2, -0.15) is 0 Å². The van der Waals surface area contributed by atoms with Crippen molar-refractivity contribution < 1.29 is 14.3 Å². The van der Waals surface area contributed by atoms with Gasteiger partial charge in [-0.25, -0.2) is 4.98 Å². The van der Waals surface area contributed by atoms with E-state index in [4.69, 9.17) is 9.52 Å². The summed E-state index contributed by atoms with van der Waals surface area (Å²) < 4.78 is 5.25. The maximum atomic E-state index is 10.6. The Hall–Kier alpha value is -1.84. The Labute approximate surface area is 86.5 Å². The number of carboxylic acid groups (broad SMARTS) is 1. The van der Waals surface area contributed by atoms with Gasteiger partial charge in [0.25, 0.3) is 0 Å². The highest BCUT2D eigenvalue weighted by molar-refractivity contribution is 5.79. The molecule has 4 nitrogen and oxygen atoms in total. The van der Waals surface area contributed by atoms with E-state index in [1.807, 2.05) is 19.1 Å². The van der Waals surface area contributed by atoms with Gasteiger partial charge in [0.15, 0.2) is 0 Å². The normalized spacial score (nSPS) is 12.9. The van der Waals surface area contributed by atoms with Gasteiger partial charge in [0, 0.05) is 17.1 Å². The largest absolute Gasteiger partial charge is 0.481 e. The van der Waals surface area contributed by atoms with Gasteiger partial charge in [0.2, 0.25) is 5.71 Å². The third-order valence-corrected chi connectivity index (χ3v) is 2.39. The topological polar surface area (TPSA) is 63.3 Å². The second kappa shape index (κ2) is 3.73. The molecule has 0 bridgehead atoms. The molecule has 15 heavy (non-hydrogen) atoms. The zero-order valence-corrected chi connectivity index (χ0v) is 8.30. The molecule has 0 saturated heterocycles. The molecule has 0 aliphatic carbocycles. The van der Waals surface area contributed by atoms with Crippen LogP contribution in [0.3, 0.4) is 0 Å². The second-order valence-electron chi connectivity index (χ2n) is 3.55. The van der Waals surface area contributed by atoms with E-state index in [1.54, 1.807) is 12.5 Å². The summed E-state index contributed by atoms with van der Waals surface area (Å²) in [5, 5.41) is 9.60. The van der Waals surface area contributed by atoms with E-state index in [-0.39, 0.29) is 12.3 Å². The molecule has 2 aromatic heterocycles.